The van der Waals surface area contributed by atoms with Crippen LogP contribution in [0.15, 0.2) is 71.6 Å². The van der Waals surface area contributed by atoms with Crippen molar-refractivity contribution in [2.45, 2.75) is 62.6 Å². The number of benzene rings is 3. The summed E-state index contributed by atoms with van der Waals surface area (Å²) in [5, 5.41) is 3.04. The van der Waals surface area contributed by atoms with Crippen LogP contribution in [0, 0.1) is 11.6 Å². The Morgan fingerprint density at radius 1 is 0.909 bits per heavy atom. The van der Waals surface area contributed by atoms with Crippen LogP contribution in [0.25, 0.3) is 0 Å². The SMILES string of the molecule is CC[C@@H](C(=O)NC1CCCC1)N(Cc1ccc(F)cc1)C(=O)CN(c1ccc(F)cc1)S(=O)(=O)c1ccc2c(c1)OCCO2. The summed E-state index contributed by atoms with van der Waals surface area (Å²) in [6.45, 7) is 1.60. The van der Waals surface area contributed by atoms with Gasteiger partial charge in [0, 0.05) is 18.7 Å². The summed E-state index contributed by atoms with van der Waals surface area (Å²) < 4.78 is 67.8. The van der Waals surface area contributed by atoms with Crippen molar-refractivity contribution in [3.8, 4) is 11.5 Å². The molecule has 1 atom stereocenters. The number of ether oxygens (including phenoxy) is 2. The standard InChI is InChI=1S/C32H35F2N3O6S/c1-2-28(32(39)35-25-5-3-4-6-25)36(20-22-7-9-23(33)10-8-22)31(38)21-37(26-13-11-24(34)12-14-26)44(40,41)27-15-16-29-30(19-27)43-18-17-42-29/h7-16,19,25,28H,2-6,17-18,20-21H2,1H3,(H,35,39)/t28-/m0/s1. The molecule has 1 heterocycles. The Morgan fingerprint density at radius 3 is 2.16 bits per heavy atom. The Bertz CT molecular complexity index is 1580. The molecule has 9 nitrogen and oxygen atoms in total. The van der Waals surface area contributed by atoms with Crippen molar-refractivity contribution >= 4 is 27.5 Å². The maximum atomic E-state index is 14.2. The third kappa shape index (κ3) is 7.12. The van der Waals surface area contributed by atoms with E-state index in [1.54, 1.807) is 6.92 Å². The fraction of sp³-hybridized carbons (Fsp3) is 0.375. The van der Waals surface area contributed by atoms with Crippen molar-refractivity contribution in [1.82, 2.24) is 10.2 Å². The van der Waals surface area contributed by atoms with E-state index in [2.05, 4.69) is 5.32 Å². The van der Waals surface area contributed by atoms with Crippen LogP contribution in [0.2, 0.25) is 0 Å². The molecular formula is C32H35F2N3O6S. The van der Waals surface area contributed by atoms with Gasteiger partial charge in [0.05, 0.1) is 10.6 Å². The lowest BCUT2D eigenvalue weighted by Gasteiger charge is -2.34. The number of anilines is 1. The van der Waals surface area contributed by atoms with Crippen LogP contribution in [0.4, 0.5) is 14.5 Å². The molecule has 1 aliphatic carbocycles. The highest BCUT2D eigenvalue weighted by molar-refractivity contribution is 7.92. The second kappa shape index (κ2) is 13.6. The number of nitrogens with one attached hydrogen (secondary N) is 1. The summed E-state index contributed by atoms with van der Waals surface area (Å²) in [5.41, 5.74) is 0.620. The summed E-state index contributed by atoms with van der Waals surface area (Å²) in [5.74, 6) is -1.39. The first-order valence-corrected chi connectivity index (χ1v) is 16.1. The fourth-order valence-corrected chi connectivity index (χ4v) is 6.95. The molecule has 0 bridgehead atoms. The van der Waals surface area contributed by atoms with Gasteiger partial charge in [0.2, 0.25) is 11.8 Å². The number of hydrogen-bond donors (Lipinski definition) is 1. The monoisotopic (exact) mass is 627 g/mol. The number of fused-ring (bicyclic) bond motifs is 1. The van der Waals surface area contributed by atoms with E-state index in [4.69, 9.17) is 9.47 Å². The van der Waals surface area contributed by atoms with E-state index in [1.165, 1.54) is 59.5 Å². The minimum absolute atomic E-state index is 0.00521. The van der Waals surface area contributed by atoms with E-state index < -0.39 is 40.2 Å². The Balaban J connectivity index is 1.50. The van der Waals surface area contributed by atoms with E-state index in [0.29, 0.717) is 17.9 Å². The number of halogens is 2. The van der Waals surface area contributed by atoms with Gasteiger partial charge in [-0.05, 0) is 73.4 Å². The molecule has 0 aromatic heterocycles. The molecule has 44 heavy (non-hydrogen) atoms. The van der Waals surface area contributed by atoms with Gasteiger partial charge in [-0.25, -0.2) is 17.2 Å². The quantitative estimate of drug-likeness (QED) is 0.328. The molecule has 234 valence electrons. The van der Waals surface area contributed by atoms with E-state index in [-0.39, 0.29) is 47.9 Å². The van der Waals surface area contributed by atoms with Crippen LogP contribution in [0.5, 0.6) is 11.5 Å². The topological polar surface area (TPSA) is 105 Å². The zero-order valence-corrected chi connectivity index (χ0v) is 25.2. The van der Waals surface area contributed by atoms with Crippen LogP contribution in [-0.2, 0) is 26.2 Å². The molecule has 1 saturated carbocycles. The van der Waals surface area contributed by atoms with Crippen LogP contribution < -0.4 is 19.1 Å². The molecule has 0 saturated heterocycles. The van der Waals surface area contributed by atoms with Gasteiger partial charge in [-0.1, -0.05) is 31.9 Å². The first kappa shape index (κ1) is 31.2. The van der Waals surface area contributed by atoms with Gasteiger partial charge in [0.1, 0.15) is 37.4 Å². The molecule has 2 aliphatic rings. The van der Waals surface area contributed by atoms with Gasteiger partial charge < -0.3 is 19.7 Å². The summed E-state index contributed by atoms with van der Waals surface area (Å²) in [4.78, 5) is 28.8. The number of carbonyl (C=O) groups excluding carboxylic acids is 2. The first-order chi connectivity index (χ1) is 21.2. The van der Waals surface area contributed by atoms with Gasteiger partial charge in [-0.2, -0.15) is 0 Å². The maximum absolute atomic E-state index is 14.2. The van der Waals surface area contributed by atoms with Crippen molar-refractivity contribution in [3.63, 3.8) is 0 Å². The number of hydrogen-bond acceptors (Lipinski definition) is 6. The minimum Gasteiger partial charge on any atom is -0.486 e. The molecule has 1 N–H and O–H groups in total. The van der Waals surface area contributed by atoms with Crippen molar-refractivity contribution in [3.05, 3.63) is 83.9 Å². The molecular weight excluding hydrogens is 592 g/mol. The van der Waals surface area contributed by atoms with Crippen molar-refractivity contribution in [2.24, 2.45) is 0 Å². The predicted octanol–water partition coefficient (Wildman–Crippen LogP) is 4.80. The van der Waals surface area contributed by atoms with E-state index in [1.807, 2.05) is 0 Å². The zero-order chi connectivity index (χ0) is 31.3. The molecule has 3 aromatic carbocycles. The molecule has 2 amide bonds. The maximum Gasteiger partial charge on any atom is 0.264 e. The van der Waals surface area contributed by atoms with Crippen LogP contribution in [-0.4, -0.2) is 57.0 Å². The highest BCUT2D eigenvalue weighted by Crippen LogP contribution is 2.34. The lowest BCUT2D eigenvalue weighted by atomic mass is 10.1. The Hall–Kier alpha value is -4.19. The average Bonchev–Trinajstić information content (AvgIpc) is 3.54. The predicted molar refractivity (Wildman–Crippen MR) is 160 cm³/mol. The van der Waals surface area contributed by atoms with Gasteiger partial charge in [0.15, 0.2) is 11.5 Å². The Labute approximate surface area is 255 Å². The largest absolute Gasteiger partial charge is 0.486 e. The van der Waals surface area contributed by atoms with Crippen LogP contribution >= 0.6 is 0 Å². The molecule has 1 aliphatic heterocycles. The molecule has 0 spiro atoms. The normalized spacial score (nSPS) is 15.4. The number of sulfonamides is 1. The molecule has 0 unspecified atom stereocenters. The van der Waals surface area contributed by atoms with Crippen LogP contribution in [0.1, 0.15) is 44.6 Å². The van der Waals surface area contributed by atoms with E-state index in [0.717, 1.165) is 42.1 Å². The second-order valence-corrected chi connectivity index (χ2v) is 12.7. The Morgan fingerprint density at radius 2 is 1.52 bits per heavy atom. The van der Waals surface area contributed by atoms with Gasteiger partial charge in [-0.3, -0.25) is 13.9 Å². The molecule has 0 radical (unpaired) electrons. The smallest absolute Gasteiger partial charge is 0.264 e. The van der Waals surface area contributed by atoms with Gasteiger partial charge >= 0.3 is 0 Å². The first-order valence-electron chi connectivity index (χ1n) is 14.7. The highest BCUT2D eigenvalue weighted by atomic mass is 32.2. The fourth-order valence-electron chi connectivity index (χ4n) is 5.52. The molecule has 12 heteroatoms. The van der Waals surface area contributed by atoms with Crippen LogP contribution in [0.3, 0.4) is 0 Å². The van der Waals surface area contributed by atoms with E-state index >= 15 is 0 Å². The third-order valence-electron chi connectivity index (χ3n) is 7.85. The number of nitrogens with zero attached hydrogens (tertiary/aromatic N) is 2. The number of carbonyl (C=O) groups is 2. The minimum atomic E-state index is -4.40. The van der Waals surface area contributed by atoms with Gasteiger partial charge in [0.25, 0.3) is 10.0 Å². The Kier molecular flexibility index (Phi) is 9.68. The van der Waals surface area contributed by atoms with Crippen molar-refractivity contribution < 1.29 is 36.3 Å². The lowest BCUT2D eigenvalue weighted by molar-refractivity contribution is -0.140. The third-order valence-corrected chi connectivity index (χ3v) is 9.62. The highest BCUT2D eigenvalue weighted by Gasteiger charge is 2.35. The number of rotatable bonds is 11. The lowest BCUT2D eigenvalue weighted by Crippen LogP contribution is -2.53. The molecule has 5 rings (SSSR count). The van der Waals surface area contributed by atoms with Crippen molar-refractivity contribution in [1.29, 1.82) is 0 Å². The van der Waals surface area contributed by atoms with E-state index in [9.17, 15) is 26.8 Å². The van der Waals surface area contributed by atoms with Gasteiger partial charge in [-0.15, -0.1) is 0 Å². The molecule has 1 fully saturated rings. The summed E-state index contributed by atoms with van der Waals surface area (Å²) in [7, 11) is -4.40. The summed E-state index contributed by atoms with van der Waals surface area (Å²) in [6.07, 6.45) is 3.96. The second-order valence-electron chi connectivity index (χ2n) is 10.9. The average molecular weight is 628 g/mol. The summed E-state index contributed by atoms with van der Waals surface area (Å²) >= 11 is 0. The van der Waals surface area contributed by atoms with Crippen molar-refractivity contribution in [2.75, 3.05) is 24.1 Å². The zero-order valence-electron chi connectivity index (χ0n) is 24.4. The molecule has 3 aromatic rings. The number of amides is 2. The summed E-state index contributed by atoms with van der Waals surface area (Å²) in [6, 6.07) is 13.5.